The van der Waals surface area contributed by atoms with Crippen molar-refractivity contribution >= 4 is 11.8 Å². The summed E-state index contributed by atoms with van der Waals surface area (Å²) in [5, 5.41) is 77.0. The molecule has 8 N–H and O–H groups in total. The van der Waals surface area contributed by atoms with Gasteiger partial charge in [0.05, 0.1) is 13.2 Å². The minimum Gasteiger partial charge on any atom is -0.394 e. The Hall–Kier alpha value is -0.0500. The molecule has 0 aliphatic carbocycles. The number of ether oxygens (including phenoxy) is 2. The van der Waals surface area contributed by atoms with Crippen LogP contribution in [0.3, 0.4) is 0 Å². The zero-order chi connectivity index (χ0) is 17.3. The van der Waals surface area contributed by atoms with E-state index < -0.39 is 72.9 Å². The quantitative estimate of drug-likeness (QED) is 0.242. The first kappa shape index (κ1) is 19.3. The van der Waals surface area contributed by atoms with E-state index in [0.29, 0.717) is 11.8 Å². The molecule has 0 bridgehead atoms. The molecule has 11 heteroatoms. The highest BCUT2D eigenvalue weighted by Gasteiger charge is 2.49. The van der Waals surface area contributed by atoms with Gasteiger partial charge in [-0.2, -0.15) is 0 Å². The number of aliphatic hydroxyl groups is 8. The van der Waals surface area contributed by atoms with E-state index in [1.165, 1.54) is 0 Å². The molecule has 0 aromatic rings. The average molecular weight is 358 g/mol. The van der Waals surface area contributed by atoms with Crippen LogP contribution in [0.2, 0.25) is 0 Å². The van der Waals surface area contributed by atoms with E-state index in [1.54, 1.807) is 0 Å². The molecular weight excluding hydrogens is 336 g/mol. The smallest absolute Gasteiger partial charge is 0.134 e. The van der Waals surface area contributed by atoms with Crippen LogP contribution in [0.1, 0.15) is 0 Å². The summed E-state index contributed by atoms with van der Waals surface area (Å²) in [7, 11) is 0. The first-order chi connectivity index (χ1) is 10.8. The molecule has 0 spiro atoms. The summed E-state index contributed by atoms with van der Waals surface area (Å²) in [6, 6.07) is 0. The normalized spacial score (nSPS) is 51.7. The molecule has 0 aromatic heterocycles. The molecule has 2 rings (SSSR count). The van der Waals surface area contributed by atoms with Crippen molar-refractivity contribution < 1.29 is 50.3 Å². The lowest BCUT2D eigenvalue weighted by molar-refractivity contribution is -0.214. The number of hydrogen-bond donors (Lipinski definition) is 8. The van der Waals surface area contributed by atoms with Gasteiger partial charge in [-0.15, -0.1) is 0 Å². The summed E-state index contributed by atoms with van der Waals surface area (Å²) in [5.41, 5.74) is -2.35. The molecular formula is C12H22O10S. The second kappa shape index (κ2) is 7.89. The first-order valence-corrected chi connectivity index (χ1v) is 8.02. The minimum absolute atomic E-state index is 0.601. The van der Waals surface area contributed by atoms with Crippen LogP contribution in [-0.2, 0) is 9.47 Å². The van der Waals surface area contributed by atoms with Gasteiger partial charge in [-0.3, -0.25) is 0 Å². The van der Waals surface area contributed by atoms with Crippen LogP contribution in [0.25, 0.3) is 0 Å². The van der Waals surface area contributed by atoms with Crippen molar-refractivity contribution in [1.82, 2.24) is 0 Å². The number of aliphatic hydroxyl groups excluding tert-OH is 8. The Morgan fingerprint density at radius 1 is 0.565 bits per heavy atom. The Kier molecular flexibility index (Phi) is 6.61. The summed E-state index contributed by atoms with van der Waals surface area (Å²) < 4.78 is 10.5. The van der Waals surface area contributed by atoms with E-state index in [0.717, 1.165) is 0 Å². The summed E-state index contributed by atoms with van der Waals surface area (Å²) in [4.78, 5) is 0. The maximum Gasteiger partial charge on any atom is 0.134 e. The highest BCUT2D eigenvalue weighted by Crippen LogP contribution is 2.36. The van der Waals surface area contributed by atoms with E-state index in [4.69, 9.17) is 19.7 Å². The fourth-order valence-corrected chi connectivity index (χ4v) is 3.81. The molecule has 23 heavy (non-hydrogen) atoms. The van der Waals surface area contributed by atoms with E-state index in [2.05, 4.69) is 0 Å². The van der Waals surface area contributed by atoms with Gasteiger partial charge in [-0.05, 0) is 0 Å². The van der Waals surface area contributed by atoms with Crippen LogP contribution in [-0.4, -0.2) is 114 Å². The Balaban J connectivity index is 2.07. The molecule has 0 saturated carbocycles. The SMILES string of the molecule is OC[C@H]1O[C@H](S[C@H]2O[C@H](CO)[C@@H](O)[C@H](O)[C@H]2O)[C@H](O)[C@@H](O)[C@@H]1O. The third-order valence-electron chi connectivity index (χ3n) is 3.97. The Morgan fingerprint density at radius 3 is 1.22 bits per heavy atom. The molecule has 2 aliphatic rings. The Bertz CT molecular complexity index is 349. The monoisotopic (exact) mass is 358 g/mol. The Morgan fingerprint density at radius 2 is 0.913 bits per heavy atom. The molecule has 136 valence electrons. The van der Waals surface area contributed by atoms with Crippen molar-refractivity contribution in [2.24, 2.45) is 0 Å². The lowest BCUT2D eigenvalue weighted by Gasteiger charge is -2.44. The van der Waals surface area contributed by atoms with Gasteiger partial charge in [-0.1, -0.05) is 11.8 Å². The van der Waals surface area contributed by atoms with Crippen LogP contribution >= 0.6 is 11.8 Å². The molecule has 2 heterocycles. The lowest BCUT2D eigenvalue weighted by atomic mass is 10.0. The third-order valence-corrected chi connectivity index (χ3v) is 5.28. The molecule has 0 aromatic carbocycles. The predicted octanol–water partition coefficient (Wildman–Crippen LogP) is -4.68. The van der Waals surface area contributed by atoms with Gasteiger partial charge in [0.25, 0.3) is 0 Å². The molecule has 0 amide bonds. The molecule has 0 unspecified atom stereocenters. The highest BCUT2D eigenvalue weighted by molar-refractivity contribution is 8.00. The van der Waals surface area contributed by atoms with E-state index in [9.17, 15) is 30.6 Å². The van der Waals surface area contributed by atoms with E-state index >= 15 is 0 Å². The maximum absolute atomic E-state index is 9.94. The standard InChI is InChI=1S/C12H22O10S/c13-1-3-5(15)7(17)9(19)11(21-3)23-12-10(20)8(18)6(16)4(2-14)22-12/h3-20H,1-2H2/t3-,4-,5-,6-,7+,8+,9-,10-,11-,12-/m1/s1. The number of rotatable bonds is 4. The van der Waals surface area contributed by atoms with Crippen LogP contribution < -0.4 is 0 Å². The van der Waals surface area contributed by atoms with E-state index in [-0.39, 0.29) is 0 Å². The fourth-order valence-electron chi connectivity index (χ4n) is 2.49. The summed E-state index contributed by atoms with van der Waals surface area (Å²) in [6.07, 6.45) is -11.5. The van der Waals surface area contributed by atoms with Crippen LogP contribution in [0, 0.1) is 0 Å². The van der Waals surface area contributed by atoms with Gasteiger partial charge in [0.1, 0.15) is 59.7 Å². The van der Waals surface area contributed by atoms with Gasteiger partial charge in [0, 0.05) is 0 Å². The molecule has 10 atom stereocenters. The zero-order valence-electron chi connectivity index (χ0n) is 12.0. The van der Waals surface area contributed by atoms with Crippen molar-refractivity contribution in [2.45, 2.75) is 59.7 Å². The van der Waals surface area contributed by atoms with Gasteiger partial charge >= 0.3 is 0 Å². The molecule has 0 radical (unpaired) electrons. The van der Waals surface area contributed by atoms with Gasteiger partial charge in [0.15, 0.2) is 0 Å². The number of thioether (sulfide) groups is 1. The topological polar surface area (TPSA) is 180 Å². The van der Waals surface area contributed by atoms with Gasteiger partial charge in [-0.25, -0.2) is 0 Å². The molecule has 2 saturated heterocycles. The molecule has 2 fully saturated rings. The maximum atomic E-state index is 9.94. The lowest BCUT2D eigenvalue weighted by Crippen LogP contribution is -2.60. The third kappa shape index (κ3) is 3.80. The second-order valence-electron chi connectivity index (χ2n) is 5.53. The van der Waals surface area contributed by atoms with Crippen molar-refractivity contribution in [2.75, 3.05) is 13.2 Å². The van der Waals surface area contributed by atoms with Crippen molar-refractivity contribution in [3.63, 3.8) is 0 Å². The van der Waals surface area contributed by atoms with Crippen LogP contribution in [0.15, 0.2) is 0 Å². The summed E-state index contributed by atoms with van der Waals surface area (Å²) in [5.74, 6) is 0. The fraction of sp³-hybridized carbons (Fsp3) is 1.00. The predicted molar refractivity (Wildman–Crippen MR) is 75.1 cm³/mol. The van der Waals surface area contributed by atoms with Gasteiger partial charge < -0.3 is 50.3 Å². The van der Waals surface area contributed by atoms with Crippen LogP contribution in [0.5, 0.6) is 0 Å². The zero-order valence-corrected chi connectivity index (χ0v) is 12.8. The Labute approximate surface area is 135 Å². The van der Waals surface area contributed by atoms with Crippen molar-refractivity contribution in [1.29, 1.82) is 0 Å². The van der Waals surface area contributed by atoms with Crippen molar-refractivity contribution in [3.8, 4) is 0 Å². The van der Waals surface area contributed by atoms with Crippen LogP contribution in [0.4, 0.5) is 0 Å². The second-order valence-corrected chi connectivity index (χ2v) is 6.73. The largest absolute Gasteiger partial charge is 0.394 e. The van der Waals surface area contributed by atoms with E-state index in [1.807, 2.05) is 0 Å². The van der Waals surface area contributed by atoms with Crippen molar-refractivity contribution in [3.05, 3.63) is 0 Å². The molecule has 2 aliphatic heterocycles. The first-order valence-electron chi connectivity index (χ1n) is 7.08. The van der Waals surface area contributed by atoms with Gasteiger partial charge in [0.2, 0.25) is 0 Å². The number of hydrogen-bond acceptors (Lipinski definition) is 11. The summed E-state index contributed by atoms with van der Waals surface area (Å²) in [6.45, 7) is -1.20. The molecule has 10 nitrogen and oxygen atoms in total. The average Bonchev–Trinajstić information content (AvgIpc) is 2.55. The summed E-state index contributed by atoms with van der Waals surface area (Å²) >= 11 is 0.699. The minimum atomic E-state index is -1.58. The highest BCUT2D eigenvalue weighted by atomic mass is 32.2.